The monoisotopic (exact) mass is 252 g/mol. The lowest BCUT2D eigenvalue weighted by molar-refractivity contribution is 0.439. The van der Waals surface area contributed by atoms with Crippen LogP contribution < -0.4 is 10.5 Å². The van der Waals surface area contributed by atoms with Crippen LogP contribution >= 0.6 is 11.3 Å². The highest BCUT2D eigenvalue weighted by atomic mass is 32.1. The van der Waals surface area contributed by atoms with Gasteiger partial charge in [-0.2, -0.15) is 0 Å². The zero-order valence-electron chi connectivity index (χ0n) is 9.87. The molecule has 1 heterocycles. The topological polar surface area (TPSA) is 48.1 Å². The summed E-state index contributed by atoms with van der Waals surface area (Å²) in [7, 11) is 0. The lowest BCUT2D eigenvalue weighted by Crippen LogP contribution is -1.94. The molecule has 0 bridgehead atoms. The molecule has 1 aromatic heterocycles. The van der Waals surface area contributed by atoms with Crippen LogP contribution in [0.25, 0.3) is 0 Å². The van der Waals surface area contributed by atoms with E-state index in [1.165, 1.54) is 17.4 Å². The van der Waals surface area contributed by atoms with Crippen molar-refractivity contribution in [2.24, 2.45) is 0 Å². The Morgan fingerprint density at radius 1 is 1.29 bits per heavy atom. The molecule has 2 aromatic rings. The van der Waals surface area contributed by atoms with E-state index < -0.39 is 5.82 Å². The van der Waals surface area contributed by atoms with Crippen LogP contribution in [0, 0.1) is 26.6 Å². The number of ether oxygens (including phenoxy) is 1. The molecule has 2 rings (SSSR count). The maximum Gasteiger partial charge on any atom is 0.279 e. The van der Waals surface area contributed by atoms with Gasteiger partial charge in [-0.15, -0.1) is 0 Å². The largest absolute Gasteiger partial charge is 0.428 e. The van der Waals surface area contributed by atoms with Crippen molar-refractivity contribution >= 4 is 17.0 Å². The first-order valence-corrected chi connectivity index (χ1v) is 5.96. The summed E-state index contributed by atoms with van der Waals surface area (Å²) in [4.78, 5) is 5.26. The number of thiazole rings is 1. The summed E-state index contributed by atoms with van der Waals surface area (Å²) in [5, 5.41) is 0.447. The number of aryl methyl sites for hydroxylation is 3. The van der Waals surface area contributed by atoms with Gasteiger partial charge in [0.25, 0.3) is 5.19 Å². The molecule has 2 N–H and O–H groups in total. The van der Waals surface area contributed by atoms with Gasteiger partial charge in [0.15, 0.2) is 11.6 Å². The molecule has 5 heteroatoms. The van der Waals surface area contributed by atoms with E-state index >= 15 is 0 Å². The fourth-order valence-electron chi connectivity index (χ4n) is 1.33. The van der Waals surface area contributed by atoms with Gasteiger partial charge in [0, 0.05) is 16.6 Å². The lowest BCUT2D eigenvalue weighted by atomic mass is 10.2. The Morgan fingerprint density at radius 3 is 2.59 bits per heavy atom. The molecule has 0 aliphatic carbocycles. The Morgan fingerprint density at radius 2 is 2.00 bits per heavy atom. The predicted octanol–water partition coefficient (Wildman–Crippen LogP) is 3.58. The number of nitrogens with zero attached hydrogens (tertiary/aromatic N) is 1. The summed E-state index contributed by atoms with van der Waals surface area (Å²) in [5.41, 5.74) is 7.70. The van der Waals surface area contributed by atoms with E-state index in [0.717, 1.165) is 16.1 Å². The maximum absolute atomic E-state index is 13.6. The second kappa shape index (κ2) is 4.33. The van der Waals surface area contributed by atoms with Crippen LogP contribution in [0.2, 0.25) is 0 Å². The summed E-state index contributed by atoms with van der Waals surface area (Å²) in [6, 6.07) is 2.84. The number of anilines is 1. The summed E-state index contributed by atoms with van der Waals surface area (Å²) >= 11 is 1.40. The molecule has 0 saturated heterocycles. The number of aromatic nitrogens is 1. The van der Waals surface area contributed by atoms with Crippen LogP contribution in [-0.2, 0) is 0 Å². The van der Waals surface area contributed by atoms with Crippen LogP contribution in [0.15, 0.2) is 12.1 Å². The number of halogens is 1. The number of nitrogens with two attached hydrogens (primary N) is 1. The van der Waals surface area contributed by atoms with E-state index in [1.54, 1.807) is 13.0 Å². The Labute approximate surface area is 103 Å². The zero-order valence-corrected chi connectivity index (χ0v) is 10.7. The molecule has 0 spiro atoms. The number of benzene rings is 1. The van der Waals surface area contributed by atoms with Gasteiger partial charge < -0.3 is 10.5 Å². The number of hydrogen-bond donors (Lipinski definition) is 1. The van der Waals surface area contributed by atoms with E-state index in [-0.39, 0.29) is 5.75 Å². The second-order valence-electron chi connectivity index (χ2n) is 3.86. The van der Waals surface area contributed by atoms with Gasteiger partial charge in [-0.25, -0.2) is 9.37 Å². The number of rotatable bonds is 2. The molecule has 0 aliphatic heterocycles. The van der Waals surface area contributed by atoms with Gasteiger partial charge in [0.2, 0.25) is 0 Å². The van der Waals surface area contributed by atoms with Crippen molar-refractivity contribution in [3.63, 3.8) is 0 Å². The van der Waals surface area contributed by atoms with Gasteiger partial charge in [0.1, 0.15) is 0 Å². The molecule has 17 heavy (non-hydrogen) atoms. The standard InChI is InChI=1S/C12H13FN2OS/c1-6-4-11(9(13)5-10(6)14)16-12-15-7(2)8(3)17-12/h4-5H,14H2,1-3H3. The Hall–Kier alpha value is -1.62. The van der Waals surface area contributed by atoms with Gasteiger partial charge >= 0.3 is 0 Å². The highest BCUT2D eigenvalue weighted by Gasteiger charge is 2.11. The average Bonchev–Trinajstić information content (AvgIpc) is 2.55. The third-order valence-corrected chi connectivity index (χ3v) is 3.48. The fourth-order valence-corrected chi connectivity index (χ4v) is 2.10. The molecule has 0 unspecified atom stereocenters. The normalized spacial score (nSPS) is 10.6. The number of hydrogen-bond acceptors (Lipinski definition) is 4. The summed E-state index contributed by atoms with van der Waals surface area (Å²) in [6.45, 7) is 5.65. The summed E-state index contributed by atoms with van der Waals surface area (Å²) in [6.07, 6.45) is 0. The zero-order chi connectivity index (χ0) is 12.6. The van der Waals surface area contributed by atoms with Crippen LogP contribution in [0.3, 0.4) is 0 Å². The minimum Gasteiger partial charge on any atom is -0.428 e. The minimum atomic E-state index is -0.474. The van der Waals surface area contributed by atoms with E-state index in [2.05, 4.69) is 4.98 Å². The molecule has 90 valence electrons. The molecular formula is C12H13FN2OS. The van der Waals surface area contributed by atoms with Gasteiger partial charge in [-0.1, -0.05) is 11.3 Å². The molecule has 0 atom stereocenters. The Balaban J connectivity index is 2.33. The van der Waals surface area contributed by atoms with Crippen molar-refractivity contribution in [2.45, 2.75) is 20.8 Å². The van der Waals surface area contributed by atoms with Crippen LogP contribution in [-0.4, -0.2) is 4.98 Å². The van der Waals surface area contributed by atoms with Gasteiger partial charge in [0.05, 0.1) is 5.69 Å². The molecular weight excluding hydrogens is 239 g/mol. The van der Waals surface area contributed by atoms with E-state index in [0.29, 0.717) is 10.9 Å². The van der Waals surface area contributed by atoms with E-state index in [9.17, 15) is 4.39 Å². The minimum absolute atomic E-state index is 0.158. The van der Waals surface area contributed by atoms with Crippen molar-refractivity contribution in [3.8, 4) is 10.9 Å². The lowest BCUT2D eigenvalue weighted by Gasteiger charge is -2.06. The van der Waals surface area contributed by atoms with E-state index in [1.807, 2.05) is 13.8 Å². The molecule has 0 aliphatic rings. The fraction of sp³-hybridized carbons (Fsp3) is 0.250. The Kier molecular flexibility index (Phi) is 3.02. The molecule has 1 aromatic carbocycles. The van der Waals surface area contributed by atoms with Crippen molar-refractivity contribution in [2.75, 3.05) is 5.73 Å². The average molecular weight is 252 g/mol. The maximum atomic E-state index is 13.6. The molecule has 0 amide bonds. The van der Waals surface area contributed by atoms with Crippen molar-refractivity contribution in [1.82, 2.24) is 4.98 Å². The van der Waals surface area contributed by atoms with Gasteiger partial charge in [-0.05, 0) is 32.4 Å². The first-order valence-electron chi connectivity index (χ1n) is 5.15. The van der Waals surface area contributed by atoms with Crippen molar-refractivity contribution < 1.29 is 9.13 Å². The molecule has 0 radical (unpaired) electrons. The molecule has 3 nitrogen and oxygen atoms in total. The van der Waals surface area contributed by atoms with Crippen LogP contribution in [0.1, 0.15) is 16.1 Å². The van der Waals surface area contributed by atoms with Crippen LogP contribution in [0.4, 0.5) is 10.1 Å². The quantitative estimate of drug-likeness (QED) is 0.831. The van der Waals surface area contributed by atoms with Gasteiger partial charge in [-0.3, -0.25) is 0 Å². The third kappa shape index (κ3) is 2.39. The third-order valence-electron chi connectivity index (χ3n) is 2.53. The SMILES string of the molecule is Cc1cc(Oc2nc(C)c(C)s2)c(F)cc1N. The first-order chi connectivity index (χ1) is 7.97. The summed E-state index contributed by atoms with van der Waals surface area (Å²) < 4.78 is 19.0. The second-order valence-corrected chi connectivity index (χ2v) is 5.03. The highest BCUT2D eigenvalue weighted by molar-refractivity contribution is 7.13. The van der Waals surface area contributed by atoms with Crippen LogP contribution in [0.5, 0.6) is 10.9 Å². The van der Waals surface area contributed by atoms with Crippen molar-refractivity contribution in [1.29, 1.82) is 0 Å². The first kappa shape index (κ1) is 11.9. The van der Waals surface area contributed by atoms with E-state index in [4.69, 9.17) is 10.5 Å². The number of nitrogen functional groups attached to an aromatic ring is 1. The Bertz CT molecular complexity index is 546. The highest BCUT2D eigenvalue weighted by Crippen LogP contribution is 2.31. The molecule has 0 fully saturated rings. The summed E-state index contributed by atoms with van der Waals surface area (Å²) in [5.74, 6) is -0.316. The molecule has 0 saturated carbocycles. The predicted molar refractivity (Wildman–Crippen MR) is 67.2 cm³/mol. The van der Waals surface area contributed by atoms with Crippen molar-refractivity contribution in [3.05, 3.63) is 34.1 Å². The smallest absolute Gasteiger partial charge is 0.279 e.